The molecule has 7 nitrogen and oxygen atoms in total. The first-order valence-corrected chi connectivity index (χ1v) is 9.03. The van der Waals surface area contributed by atoms with E-state index < -0.39 is 29.9 Å². The first-order valence-electron chi connectivity index (χ1n) is 9.03. The Hall–Kier alpha value is -3.09. The summed E-state index contributed by atoms with van der Waals surface area (Å²) in [5.74, 6) is -0.919. The average molecular weight is 387 g/mol. The van der Waals surface area contributed by atoms with Crippen LogP contribution in [-0.2, 0) is 25.4 Å². The number of esters is 1. The molecule has 7 heteroatoms. The molecule has 0 aromatic heterocycles. The predicted molar refractivity (Wildman–Crippen MR) is 104 cm³/mol. The molecule has 1 atom stereocenters. The maximum absolute atomic E-state index is 12.4. The summed E-state index contributed by atoms with van der Waals surface area (Å²) >= 11 is 0. The molecule has 0 saturated carbocycles. The van der Waals surface area contributed by atoms with Gasteiger partial charge < -0.3 is 19.5 Å². The molecule has 150 valence electrons. The van der Waals surface area contributed by atoms with Crippen molar-refractivity contribution in [3.63, 3.8) is 0 Å². The van der Waals surface area contributed by atoms with Gasteiger partial charge in [-0.2, -0.15) is 0 Å². The summed E-state index contributed by atoms with van der Waals surface area (Å²) in [6.45, 7) is 6.80. The van der Waals surface area contributed by atoms with Crippen molar-refractivity contribution in [1.82, 2.24) is 5.32 Å². The van der Waals surface area contributed by atoms with Gasteiger partial charge in [0.05, 0.1) is 6.61 Å². The molecule has 0 aliphatic heterocycles. The van der Waals surface area contributed by atoms with Crippen molar-refractivity contribution in [3.05, 3.63) is 48.0 Å². The van der Waals surface area contributed by atoms with Gasteiger partial charge in [0, 0.05) is 6.42 Å². The van der Waals surface area contributed by atoms with Crippen LogP contribution in [0.25, 0.3) is 10.8 Å². The van der Waals surface area contributed by atoms with Gasteiger partial charge in [-0.3, -0.25) is 0 Å². The Morgan fingerprint density at radius 3 is 2.36 bits per heavy atom. The van der Waals surface area contributed by atoms with Gasteiger partial charge in [-0.15, -0.1) is 0 Å². The van der Waals surface area contributed by atoms with E-state index in [1.165, 1.54) is 0 Å². The molecule has 0 spiro atoms. The van der Waals surface area contributed by atoms with Crippen molar-refractivity contribution in [1.29, 1.82) is 0 Å². The quantitative estimate of drug-likeness (QED) is 0.616. The van der Waals surface area contributed by atoms with E-state index in [2.05, 4.69) is 14.8 Å². The van der Waals surface area contributed by atoms with E-state index in [9.17, 15) is 14.4 Å². The monoisotopic (exact) mass is 387 g/mol. The van der Waals surface area contributed by atoms with Crippen molar-refractivity contribution in [2.45, 2.75) is 45.8 Å². The highest BCUT2D eigenvalue weighted by molar-refractivity contribution is 5.89. The van der Waals surface area contributed by atoms with Crippen LogP contribution in [-0.4, -0.2) is 36.5 Å². The van der Waals surface area contributed by atoms with E-state index in [1.54, 1.807) is 27.7 Å². The van der Waals surface area contributed by atoms with E-state index in [-0.39, 0.29) is 13.0 Å². The molecule has 0 fully saturated rings. The summed E-state index contributed by atoms with van der Waals surface area (Å²) in [6.07, 6.45) is -1.76. The second-order valence-corrected chi connectivity index (χ2v) is 7.19. The molecule has 2 aromatic rings. The van der Waals surface area contributed by atoms with Gasteiger partial charge >= 0.3 is 18.2 Å². The van der Waals surface area contributed by atoms with Crippen LogP contribution in [0.15, 0.2) is 42.5 Å². The van der Waals surface area contributed by atoms with E-state index in [0.717, 1.165) is 16.3 Å². The highest BCUT2D eigenvalue weighted by Crippen LogP contribution is 2.17. The van der Waals surface area contributed by atoms with Crippen LogP contribution in [0.3, 0.4) is 0 Å². The zero-order valence-corrected chi connectivity index (χ0v) is 16.5. The number of hydrogen-bond donors (Lipinski definition) is 1. The van der Waals surface area contributed by atoms with Gasteiger partial charge in [-0.05, 0) is 44.0 Å². The van der Waals surface area contributed by atoms with Crippen LogP contribution in [0, 0.1) is 0 Å². The van der Waals surface area contributed by atoms with Crippen molar-refractivity contribution in [3.8, 4) is 0 Å². The topological polar surface area (TPSA) is 90.9 Å². The Morgan fingerprint density at radius 1 is 1.04 bits per heavy atom. The molecule has 2 aromatic carbocycles. The molecular formula is C21H25NO6. The SMILES string of the molecule is CCOC(=O)OC(=O)[C@H](Cc1ccc2ccccc2c1)NC(=O)OC(C)(C)C. The summed E-state index contributed by atoms with van der Waals surface area (Å²) in [7, 11) is 0. The number of alkyl carbamates (subject to hydrolysis) is 1. The second kappa shape index (κ2) is 9.21. The van der Waals surface area contributed by atoms with E-state index in [4.69, 9.17) is 4.74 Å². The number of fused-ring (bicyclic) bond motifs is 1. The summed E-state index contributed by atoms with van der Waals surface area (Å²) in [4.78, 5) is 36.0. The maximum Gasteiger partial charge on any atom is 0.516 e. The van der Waals surface area contributed by atoms with Gasteiger partial charge in [0.1, 0.15) is 11.6 Å². The Kier molecular flexibility index (Phi) is 6.98. The van der Waals surface area contributed by atoms with Crippen LogP contribution in [0.4, 0.5) is 9.59 Å². The first-order chi connectivity index (χ1) is 13.2. The van der Waals surface area contributed by atoms with E-state index >= 15 is 0 Å². The third-order valence-corrected chi connectivity index (χ3v) is 3.68. The van der Waals surface area contributed by atoms with E-state index in [1.807, 2.05) is 42.5 Å². The van der Waals surface area contributed by atoms with Crippen LogP contribution in [0.1, 0.15) is 33.3 Å². The fourth-order valence-electron chi connectivity index (χ4n) is 2.55. The lowest BCUT2D eigenvalue weighted by atomic mass is 10.0. The third-order valence-electron chi connectivity index (χ3n) is 3.68. The Morgan fingerprint density at radius 2 is 1.71 bits per heavy atom. The van der Waals surface area contributed by atoms with Crippen LogP contribution in [0.5, 0.6) is 0 Å². The minimum atomic E-state index is -1.11. The van der Waals surface area contributed by atoms with Crippen LogP contribution in [0.2, 0.25) is 0 Å². The van der Waals surface area contributed by atoms with Gasteiger partial charge in [0.2, 0.25) is 0 Å². The fraction of sp³-hybridized carbons (Fsp3) is 0.381. The molecule has 1 N–H and O–H groups in total. The number of carbonyl (C=O) groups excluding carboxylic acids is 3. The molecule has 0 radical (unpaired) electrons. The number of benzene rings is 2. The lowest BCUT2D eigenvalue weighted by Crippen LogP contribution is -2.46. The summed E-state index contributed by atoms with van der Waals surface area (Å²) < 4.78 is 14.5. The minimum absolute atomic E-state index is 0.0704. The normalized spacial score (nSPS) is 12.1. The molecule has 0 unspecified atom stereocenters. The van der Waals surface area contributed by atoms with Crippen LogP contribution < -0.4 is 5.32 Å². The lowest BCUT2D eigenvalue weighted by Gasteiger charge is -2.22. The molecule has 0 aliphatic carbocycles. The van der Waals surface area contributed by atoms with Crippen molar-refractivity contribution >= 4 is 29.0 Å². The largest absolute Gasteiger partial charge is 0.516 e. The average Bonchev–Trinajstić information content (AvgIpc) is 2.59. The number of nitrogens with one attached hydrogen (secondary N) is 1. The van der Waals surface area contributed by atoms with Crippen LogP contribution >= 0.6 is 0 Å². The van der Waals surface area contributed by atoms with Gasteiger partial charge in [0.25, 0.3) is 0 Å². The number of rotatable bonds is 5. The standard InChI is InChI=1S/C21H25NO6/c1-5-26-20(25)27-18(23)17(22-19(24)28-21(2,3)4)13-14-10-11-15-8-6-7-9-16(15)12-14/h6-12,17H,5,13H2,1-4H3,(H,22,24)/t17-/m0/s1. The Balaban J connectivity index is 2.18. The van der Waals surface area contributed by atoms with Crippen molar-refractivity contribution in [2.75, 3.05) is 6.61 Å². The number of amides is 1. The van der Waals surface area contributed by atoms with Crippen molar-refractivity contribution < 1.29 is 28.6 Å². The molecule has 0 heterocycles. The zero-order chi connectivity index (χ0) is 20.7. The Labute approximate surface area is 164 Å². The molecule has 0 bridgehead atoms. The summed E-state index contributed by atoms with van der Waals surface area (Å²) in [6, 6.07) is 12.4. The lowest BCUT2D eigenvalue weighted by molar-refractivity contribution is -0.142. The van der Waals surface area contributed by atoms with Gasteiger partial charge in [-0.25, -0.2) is 14.4 Å². The number of carbonyl (C=O) groups is 3. The highest BCUT2D eigenvalue weighted by Gasteiger charge is 2.28. The zero-order valence-electron chi connectivity index (χ0n) is 16.5. The summed E-state index contributed by atoms with van der Waals surface area (Å²) in [5, 5.41) is 4.52. The van der Waals surface area contributed by atoms with E-state index in [0.29, 0.717) is 0 Å². The van der Waals surface area contributed by atoms with Gasteiger partial charge in [-0.1, -0.05) is 42.5 Å². The summed E-state index contributed by atoms with van der Waals surface area (Å²) in [5.41, 5.74) is 0.0587. The first kappa shape index (κ1) is 21.2. The Bertz CT molecular complexity index is 855. The third kappa shape index (κ3) is 6.57. The van der Waals surface area contributed by atoms with Gasteiger partial charge in [0.15, 0.2) is 0 Å². The molecule has 28 heavy (non-hydrogen) atoms. The number of hydrogen-bond acceptors (Lipinski definition) is 6. The molecule has 0 aliphatic rings. The molecular weight excluding hydrogens is 362 g/mol. The minimum Gasteiger partial charge on any atom is -0.444 e. The molecule has 1 amide bonds. The molecule has 2 rings (SSSR count). The second-order valence-electron chi connectivity index (χ2n) is 7.19. The maximum atomic E-state index is 12.4. The highest BCUT2D eigenvalue weighted by atomic mass is 16.7. The fourth-order valence-corrected chi connectivity index (χ4v) is 2.55. The number of ether oxygens (including phenoxy) is 3. The van der Waals surface area contributed by atoms with Crippen molar-refractivity contribution in [2.24, 2.45) is 0 Å². The smallest absolute Gasteiger partial charge is 0.444 e. The molecule has 0 saturated heterocycles. The predicted octanol–water partition coefficient (Wildman–Crippen LogP) is 3.98.